The van der Waals surface area contributed by atoms with Crippen LogP contribution in [-0.2, 0) is 0 Å². The van der Waals surface area contributed by atoms with E-state index in [1.54, 1.807) is 0 Å². The van der Waals surface area contributed by atoms with Gasteiger partial charge in [-0.25, -0.2) is 0 Å². The predicted octanol–water partition coefficient (Wildman–Crippen LogP) is 3.20. The maximum atomic E-state index is 4.59. The minimum atomic E-state index is 0.254. The van der Waals surface area contributed by atoms with Crippen molar-refractivity contribution in [2.75, 3.05) is 24.5 Å². The molecule has 0 saturated carbocycles. The van der Waals surface area contributed by atoms with E-state index >= 15 is 0 Å². The number of hydrogen-bond donors (Lipinski definition) is 1. The van der Waals surface area contributed by atoms with Crippen LogP contribution in [0.3, 0.4) is 0 Å². The molecule has 3 nitrogen and oxygen atoms in total. The molecule has 1 aliphatic heterocycles. The molecule has 2 heterocycles. The van der Waals surface area contributed by atoms with Crippen LogP contribution in [0.15, 0.2) is 36.5 Å². The first-order chi connectivity index (χ1) is 9.76. The van der Waals surface area contributed by atoms with Gasteiger partial charge in [0.25, 0.3) is 0 Å². The third-order valence-corrected chi connectivity index (χ3v) is 4.67. The molecular formula is C17H23N3. The zero-order valence-corrected chi connectivity index (χ0v) is 12.4. The van der Waals surface area contributed by atoms with Gasteiger partial charge in [-0.15, -0.1) is 0 Å². The third kappa shape index (κ3) is 2.38. The van der Waals surface area contributed by atoms with Gasteiger partial charge >= 0.3 is 0 Å². The van der Waals surface area contributed by atoms with Gasteiger partial charge in [0.15, 0.2) is 0 Å². The van der Waals surface area contributed by atoms with Gasteiger partial charge in [-0.3, -0.25) is 4.98 Å². The number of anilines is 1. The molecule has 1 N–H and O–H groups in total. The van der Waals surface area contributed by atoms with Crippen LogP contribution in [0.25, 0.3) is 10.9 Å². The molecule has 1 saturated heterocycles. The van der Waals surface area contributed by atoms with E-state index in [1.807, 2.05) is 12.3 Å². The summed E-state index contributed by atoms with van der Waals surface area (Å²) in [6.07, 6.45) is 4.35. The number of aromatic nitrogens is 1. The van der Waals surface area contributed by atoms with E-state index in [0.717, 1.165) is 25.2 Å². The van der Waals surface area contributed by atoms with Crippen molar-refractivity contribution in [3.05, 3.63) is 36.5 Å². The van der Waals surface area contributed by atoms with Gasteiger partial charge < -0.3 is 10.2 Å². The Labute approximate surface area is 121 Å². The summed E-state index contributed by atoms with van der Waals surface area (Å²) in [6.45, 7) is 7.73. The minimum absolute atomic E-state index is 0.254. The number of nitrogens with zero attached hydrogens (tertiary/aromatic N) is 2. The van der Waals surface area contributed by atoms with Crippen LogP contribution in [0.5, 0.6) is 0 Å². The largest absolute Gasteiger partial charge is 0.367 e. The van der Waals surface area contributed by atoms with Gasteiger partial charge in [0.1, 0.15) is 0 Å². The molecule has 1 fully saturated rings. The number of pyridine rings is 1. The molecule has 0 amide bonds. The highest BCUT2D eigenvalue weighted by Gasteiger charge is 2.31. The average molecular weight is 269 g/mol. The van der Waals surface area contributed by atoms with E-state index < -0.39 is 0 Å². The van der Waals surface area contributed by atoms with Crippen molar-refractivity contribution in [3.8, 4) is 0 Å². The van der Waals surface area contributed by atoms with Crippen LogP contribution in [-0.4, -0.2) is 30.2 Å². The molecule has 106 valence electrons. The van der Waals surface area contributed by atoms with Crippen molar-refractivity contribution in [1.82, 2.24) is 10.3 Å². The first-order valence-electron chi connectivity index (χ1n) is 7.61. The lowest BCUT2D eigenvalue weighted by Gasteiger charge is -2.44. The van der Waals surface area contributed by atoms with Crippen molar-refractivity contribution in [2.24, 2.45) is 0 Å². The third-order valence-electron chi connectivity index (χ3n) is 4.67. The normalized spacial score (nSPS) is 18.4. The molecule has 2 aromatic rings. The second-order valence-electron chi connectivity index (χ2n) is 5.72. The zero-order chi connectivity index (χ0) is 14.0. The van der Waals surface area contributed by atoms with E-state index in [1.165, 1.54) is 23.9 Å². The van der Waals surface area contributed by atoms with Crippen LogP contribution in [0.1, 0.15) is 26.7 Å². The molecule has 1 aromatic carbocycles. The molecule has 0 spiro atoms. The van der Waals surface area contributed by atoms with Gasteiger partial charge in [-0.05, 0) is 25.0 Å². The first kappa shape index (κ1) is 13.4. The first-order valence-corrected chi connectivity index (χ1v) is 7.61. The van der Waals surface area contributed by atoms with Crippen LogP contribution in [0, 0.1) is 0 Å². The van der Waals surface area contributed by atoms with Crippen LogP contribution >= 0.6 is 0 Å². The topological polar surface area (TPSA) is 28.2 Å². The second kappa shape index (κ2) is 5.41. The molecule has 0 unspecified atom stereocenters. The van der Waals surface area contributed by atoms with Gasteiger partial charge in [-0.2, -0.15) is 0 Å². The van der Waals surface area contributed by atoms with Crippen molar-refractivity contribution < 1.29 is 0 Å². The fourth-order valence-corrected chi connectivity index (χ4v) is 3.13. The molecule has 1 aliphatic rings. The Kier molecular flexibility index (Phi) is 3.62. The summed E-state index contributed by atoms with van der Waals surface area (Å²) in [6, 6.07) is 10.6. The molecule has 0 bridgehead atoms. The van der Waals surface area contributed by atoms with Crippen molar-refractivity contribution in [2.45, 2.75) is 32.2 Å². The smallest absolute Gasteiger partial charge is 0.0703 e. The molecule has 3 rings (SSSR count). The fraction of sp³-hybridized carbons (Fsp3) is 0.471. The summed E-state index contributed by atoms with van der Waals surface area (Å²) in [5, 5.41) is 4.93. The Balaban J connectivity index is 1.90. The zero-order valence-electron chi connectivity index (χ0n) is 12.4. The lowest BCUT2D eigenvalue weighted by Crippen LogP contribution is -2.60. The predicted molar refractivity (Wildman–Crippen MR) is 85.3 cm³/mol. The van der Waals surface area contributed by atoms with E-state index in [0.29, 0.717) is 0 Å². The highest BCUT2D eigenvalue weighted by Crippen LogP contribution is 2.26. The summed E-state index contributed by atoms with van der Waals surface area (Å²) in [7, 11) is 0. The van der Waals surface area contributed by atoms with Gasteiger partial charge in [0.2, 0.25) is 0 Å². The second-order valence-corrected chi connectivity index (χ2v) is 5.72. The SMILES string of the molecule is CCC1(CC)CN(c2cnc3ccccc3c2)CCN1. The Morgan fingerprint density at radius 2 is 2.05 bits per heavy atom. The van der Waals surface area contributed by atoms with Crippen molar-refractivity contribution in [1.29, 1.82) is 0 Å². The lowest BCUT2D eigenvalue weighted by atomic mass is 9.90. The Morgan fingerprint density at radius 3 is 2.85 bits per heavy atom. The van der Waals surface area contributed by atoms with E-state index in [9.17, 15) is 0 Å². The molecule has 0 aliphatic carbocycles. The summed E-state index contributed by atoms with van der Waals surface area (Å²) < 4.78 is 0. The Morgan fingerprint density at radius 1 is 1.25 bits per heavy atom. The van der Waals surface area contributed by atoms with Crippen LogP contribution in [0.4, 0.5) is 5.69 Å². The van der Waals surface area contributed by atoms with E-state index in [4.69, 9.17) is 0 Å². The number of nitrogens with one attached hydrogen (secondary N) is 1. The number of fused-ring (bicyclic) bond motifs is 1. The molecule has 3 heteroatoms. The van der Waals surface area contributed by atoms with Crippen LogP contribution < -0.4 is 10.2 Å². The fourth-order valence-electron chi connectivity index (χ4n) is 3.13. The number of para-hydroxylation sites is 1. The number of piperazine rings is 1. The van der Waals surface area contributed by atoms with E-state index in [2.05, 4.69) is 53.3 Å². The van der Waals surface area contributed by atoms with Gasteiger partial charge in [-0.1, -0.05) is 32.0 Å². The summed E-state index contributed by atoms with van der Waals surface area (Å²) in [4.78, 5) is 7.07. The molecule has 0 radical (unpaired) electrons. The van der Waals surface area contributed by atoms with E-state index in [-0.39, 0.29) is 5.54 Å². The minimum Gasteiger partial charge on any atom is -0.367 e. The maximum Gasteiger partial charge on any atom is 0.0703 e. The maximum absolute atomic E-state index is 4.59. The van der Waals surface area contributed by atoms with Gasteiger partial charge in [0.05, 0.1) is 17.4 Å². The summed E-state index contributed by atoms with van der Waals surface area (Å²) in [5.74, 6) is 0. The number of rotatable bonds is 3. The highest BCUT2D eigenvalue weighted by molar-refractivity contribution is 5.81. The summed E-state index contributed by atoms with van der Waals surface area (Å²) >= 11 is 0. The Hall–Kier alpha value is -1.61. The molecule has 0 atom stereocenters. The molecule has 1 aromatic heterocycles. The van der Waals surface area contributed by atoms with Crippen molar-refractivity contribution in [3.63, 3.8) is 0 Å². The average Bonchev–Trinajstić information content (AvgIpc) is 2.54. The molecule has 20 heavy (non-hydrogen) atoms. The van der Waals surface area contributed by atoms with Crippen molar-refractivity contribution >= 4 is 16.6 Å². The lowest BCUT2D eigenvalue weighted by molar-refractivity contribution is 0.277. The number of benzene rings is 1. The summed E-state index contributed by atoms with van der Waals surface area (Å²) in [5.41, 5.74) is 2.57. The monoisotopic (exact) mass is 269 g/mol. The quantitative estimate of drug-likeness (QED) is 0.927. The number of hydrogen-bond acceptors (Lipinski definition) is 3. The van der Waals surface area contributed by atoms with Gasteiger partial charge in [0, 0.05) is 30.6 Å². The molecular weight excluding hydrogens is 246 g/mol. The standard InChI is InChI=1S/C17H23N3/c1-3-17(4-2)13-20(10-9-19-17)15-11-14-7-5-6-8-16(14)18-12-15/h5-8,11-12,19H,3-4,9-10,13H2,1-2H3. The van der Waals surface area contributed by atoms with Crippen LogP contribution in [0.2, 0.25) is 0 Å². The Bertz CT molecular complexity index is 590. The highest BCUT2D eigenvalue weighted by atomic mass is 15.2.